The summed E-state index contributed by atoms with van der Waals surface area (Å²) < 4.78 is 39.5. The molecule has 6 atom stereocenters. The third-order valence-corrected chi connectivity index (χ3v) is 11.7. The predicted octanol–water partition coefficient (Wildman–Crippen LogP) is 5.21. The van der Waals surface area contributed by atoms with Gasteiger partial charge in [0, 0.05) is 25.2 Å². The molecular weight excluding hydrogens is 584 g/mol. The van der Waals surface area contributed by atoms with E-state index < -0.39 is 21.6 Å². The van der Waals surface area contributed by atoms with Crippen LogP contribution in [0, 0.1) is 25.7 Å². The van der Waals surface area contributed by atoms with Crippen LogP contribution in [0.25, 0.3) is 0 Å². The van der Waals surface area contributed by atoms with Crippen LogP contribution in [0.4, 0.5) is 5.69 Å². The fourth-order valence-corrected chi connectivity index (χ4v) is 9.32. The van der Waals surface area contributed by atoms with E-state index in [2.05, 4.69) is 96.6 Å². The van der Waals surface area contributed by atoms with Crippen molar-refractivity contribution in [2.45, 2.75) is 103 Å². The highest BCUT2D eigenvalue weighted by molar-refractivity contribution is 7.90. The fourth-order valence-electron chi connectivity index (χ4n) is 7.66. The minimum atomic E-state index is -3.58. The molecule has 9 nitrogen and oxygen atoms in total. The number of hydrogen-bond donors (Lipinski definition) is 3. The number of hydrogen-bond acceptors (Lipinski definition) is 7. The Bertz CT molecular complexity index is 1510. The molecule has 3 aliphatic rings. The molecule has 3 aromatic rings. The molecule has 2 aromatic carbocycles. The van der Waals surface area contributed by atoms with E-state index in [1.54, 1.807) is 0 Å². The summed E-state index contributed by atoms with van der Waals surface area (Å²) in [5, 5.41) is 11.4. The molecule has 2 saturated heterocycles. The number of fused-ring (bicyclic) bond motifs is 4. The second kappa shape index (κ2) is 13.9. The van der Waals surface area contributed by atoms with Crippen LogP contribution in [-0.4, -0.2) is 55.2 Å². The van der Waals surface area contributed by atoms with E-state index in [-0.39, 0.29) is 24.2 Å². The van der Waals surface area contributed by atoms with Crippen molar-refractivity contribution in [3.63, 3.8) is 0 Å². The van der Waals surface area contributed by atoms with Crippen LogP contribution in [0.3, 0.4) is 0 Å². The van der Waals surface area contributed by atoms with Crippen molar-refractivity contribution in [2.24, 2.45) is 11.8 Å². The molecule has 1 saturated carbocycles. The first-order valence-corrected chi connectivity index (χ1v) is 18.2. The number of benzene rings is 2. The SMILES string of the molecule is Cc1cccc(C)c1C1CC2NC(N1)NS(=O)(=O)C1CCCC(C1)CN(c1cnn(Cc3ccccc3)c1)[C@H](CC(C)C)CO2. The number of anilines is 1. The highest BCUT2D eigenvalue weighted by Gasteiger charge is 2.39. The maximum Gasteiger partial charge on any atom is 0.216 e. The average Bonchev–Trinajstić information content (AvgIpc) is 3.46. The summed E-state index contributed by atoms with van der Waals surface area (Å²) in [6.45, 7) is 10.8. The van der Waals surface area contributed by atoms with Gasteiger partial charge in [0.05, 0.1) is 36.3 Å². The predicted molar refractivity (Wildman–Crippen MR) is 179 cm³/mol. The van der Waals surface area contributed by atoms with Gasteiger partial charge < -0.3 is 9.64 Å². The number of sulfonamides is 1. The molecule has 0 radical (unpaired) electrons. The maximum atomic E-state index is 13.9. The van der Waals surface area contributed by atoms with E-state index in [1.165, 1.54) is 22.3 Å². The number of ether oxygens (including phenoxy) is 1. The molecule has 0 amide bonds. The minimum Gasteiger partial charge on any atom is -0.363 e. The van der Waals surface area contributed by atoms with Gasteiger partial charge in [0.15, 0.2) is 0 Å². The lowest BCUT2D eigenvalue weighted by Gasteiger charge is -2.40. The number of nitrogens with zero attached hydrogens (tertiary/aromatic N) is 3. The van der Waals surface area contributed by atoms with Crippen LogP contribution in [0.15, 0.2) is 60.9 Å². The molecule has 6 rings (SSSR count). The molecule has 3 N–H and O–H groups in total. The zero-order chi connectivity index (χ0) is 31.6. The molecule has 0 spiro atoms. The van der Waals surface area contributed by atoms with Gasteiger partial charge in [-0.25, -0.2) is 8.42 Å². The topological polar surface area (TPSA) is 101 Å². The van der Waals surface area contributed by atoms with Gasteiger partial charge >= 0.3 is 0 Å². The van der Waals surface area contributed by atoms with Crippen molar-refractivity contribution in [2.75, 3.05) is 18.1 Å². The lowest BCUT2D eigenvalue weighted by atomic mass is 9.87. The smallest absolute Gasteiger partial charge is 0.216 e. The first kappa shape index (κ1) is 32.2. The molecule has 45 heavy (non-hydrogen) atoms. The van der Waals surface area contributed by atoms with Crippen molar-refractivity contribution in [3.8, 4) is 0 Å². The van der Waals surface area contributed by atoms with Gasteiger partial charge in [-0.3, -0.25) is 15.3 Å². The second-order valence-corrected chi connectivity index (χ2v) is 15.8. The summed E-state index contributed by atoms with van der Waals surface area (Å²) in [7, 11) is -3.58. The Balaban J connectivity index is 1.33. The van der Waals surface area contributed by atoms with E-state index in [9.17, 15) is 8.42 Å². The molecule has 244 valence electrons. The molecule has 2 aliphatic heterocycles. The van der Waals surface area contributed by atoms with Crippen LogP contribution in [0.5, 0.6) is 0 Å². The molecule has 1 aliphatic carbocycles. The van der Waals surface area contributed by atoms with Gasteiger partial charge in [0.25, 0.3) is 0 Å². The molecular formula is C35H50N6O3S. The molecule has 3 heterocycles. The molecule has 3 fully saturated rings. The van der Waals surface area contributed by atoms with Crippen LogP contribution < -0.4 is 20.3 Å². The fraction of sp³-hybridized carbons (Fsp3) is 0.571. The summed E-state index contributed by atoms with van der Waals surface area (Å²) in [6.07, 6.45) is 8.10. The summed E-state index contributed by atoms with van der Waals surface area (Å²) in [5.41, 5.74) is 5.88. The van der Waals surface area contributed by atoms with Gasteiger partial charge in [-0.1, -0.05) is 68.8 Å². The van der Waals surface area contributed by atoms with E-state index in [4.69, 9.17) is 9.84 Å². The van der Waals surface area contributed by atoms with Crippen LogP contribution in [-0.2, 0) is 21.3 Å². The Morgan fingerprint density at radius 1 is 1.00 bits per heavy atom. The lowest BCUT2D eigenvalue weighted by molar-refractivity contribution is -0.0244. The summed E-state index contributed by atoms with van der Waals surface area (Å²) in [5.74, 6) is 0.726. The molecule has 5 unspecified atom stereocenters. The monoisotopic (exact) mass is 634 g/mol. The Labute approximate surface area is 269 Å². The van der Waals surface area contributed by atoms with Gasteiger partial charge in [-0.2, -0.15) is 9.82 Å². The quantitative estimate of drug-likeness (QED) is 0.342. The first-order valence-electron chi connectivity index (χ1n) is 16.7. The van der Waals surface area contributed by atoms with Gasteiger partial charge in [0.1, 0.15) is 12.5 Å². The number of aromatic nitrogens is 2. The Hall–Kier alpha value is -2.76. The standard InChI is InChI=1S/C35H50N6O3S/c1-24(2)16-29-23-44-33-18-32(34-25(3)10-8-11-26(34)4)37-35(38-33)39-45(42,43)31-15-9-14-28(17-31)21-41(29)30-19-36-40(22-30)20-27-12-6-5-7-13-27/h5-8,10-13,19,22,24,28-29,31-33,35,37-39H,9,14-18,20-21,23H2,1-4H3/t28?,29-,31?,32?,33?,35?/m1/s1. The van der Waals surface area contributed by atoms with E-state index >= 15 is 0 Å². The average molecular weight is 635 g/mol. The van der Waals surface area contributed by atoms with E-state index in [0.717, 1.165) is 31.5 Å². The molecule has 10 heteroatoms. The van der Waals surface area contributed by atoms with Gasteiger partial charge in [0.2, 0.25) is 10.0 Å². The number of nitrogens with one attached hydrogen (secondary N) is 3. The minimum absolute atomic E-state index is 0.0507. The zero-order valence-electron chi connectivity index (χ0n) is 27.2. The van der Waals surface area contributed by atoms with Crippen LogP contribution in [0.2, 0.25) is 0 Å². The maximum absolute atomic E-state index is 13.9. The van der Waals surface area contributed by atoms with Crippen LogP contribution >= 0.6 is 0 Å². The largest absolute Gasteiger partial charge is 0.363 e. The second-order valence-electron chi connectivity index (χ2n) is 13.8. The highest BCUT2D eigenvalue weighted by atomic mass is 32.2. The highest BCUT2D eigenvalue weighted by Crippen LogP contribution is 2.34. The first-order chi connectivity index (χ1) is 21.6. The Kier molecular flexibility index (Phi) is 9.96. The van der Waals surface area contributed by atoms with Crippen LogP contribution in [0.1, 0.15) is 80.7 Å². The van der Waals surface area contributed by atoms with Crippen molar-refractivity contribution in [1.82, 2.24) is 25.1 Å². The van der Waals surface area contributed by atoms with Crippen molar-refractivity contribution in [3.05, 3.63) is 83.2 Å². The van der Waals surface area contributed by atoms with E-state index in [1.807, 2.05) is 16.9 Å². The normalized spacial score (nSPS) is 29.0. The van der Waals surface area contributed by atoms with Gasteiger partial charge in [-0.05, 0) is 73.6 Å². The number of aryl methyl sites for hydroxylation is 2. The lowest BCUT2D eigenvalue weighted by Crippen LogP contribution is -2.64. The summed E-state index contributed by atoms with van der Waals surface area (Å²) in [4.78, 5) is 2.47. The van der Waals surface area contributed by atoms with E-state index in [0.29, 0.717) is 38.3 Å². The number of rotatable bonds is 6. The summed E-state index contributed by atoms with van der Waals surface area (Å²) >= 11 is 0. The third-order valence-electron chi connectivity index (χ3n) is 9.78. The Morgan fingerprint density at radius 3 is 2.53 bits per heavy atom. The van der Waals surface area contributed by atoms with Crippen molar-refractivity contribution in [1.29, 1.82) is 0 Å². The molecule has 1 aromatic heterocycles. The Morgan fingerprint density at radius 2 is 1.78 bits per heavy atom. The zero-order valence-corrected chi connectivity index (χ0v) is 28.0. The third kappa shape index (κ3) is 7.80. The molecule has 4 bridgehead atoms. The van der Waals surface area contributed by atoms with Crippen molar-refractivity contribution >= 4 is 15.7 Å². The van der Waals surface area contributed by atoms with Gasteiger partial charge in [-0.15, -0.1) is 0 Å². The van der Waals surface area contributed by atoms with Crippen molar-refractivity contribution < 1.29 is 13.2 Å². The summed E-state index contributed by atoms with van der Waals surface area (Å²) in [6, 6.07) is 16.8.